The zero-order valence-electron chi connectivity index (χ0n) is 10.1. The van der Waals surface area contributed by atoms with E-state index in [9.17, 15) is 0 Å². The van der Waals surface area contributed by atoms with Crippen LogP contribution in [0.25, 0.3) is 0 Å². The largest absolute Gasteiger partial charge is 0.376 e. The highest BCUT2D eigenvalue weighted by Crippen LogP contribution is 2.31. The number of benzene rings is 1. The number of ether oxygens (including phenoxy) is 1. The third kappa shape index (κ3) is 3.44. The predicted octanol–water partition coefficient (Wildman–Crippen LogP) is 3.23. The van der Waals surface area contributed by atoms with Crippen molar-refractivity contribution in [1.29, 1.82) is 0 Å². The minimum Gasteiger partial charge on any atom is -0.376 e. The van der Waals surface area contributed by atoms with Crippen LogP contribution in [0.15, 0.2) is 24.3 Å². The van der Waals surface area contributed by atoms with Gasteiger partial charge < -0.3 is 10.5 Å². The lowest BCUT2D eigenvalue weighted by Gasteiger charge is -2.17. The van der Waals surface area contributed by atoms with Gasteiger partial charge in [-0.25, -0.2) is 0 Å². The van der Waals surface area contributed by atoms with Gasteiger partial charge in [-0.1, -0.05) is 36.2 Å². The van der Waals surface area contributed by atoms with Crippen LogP contribution in [0.5, 0.6) is 0 Å². The van der Waals surface area contributed by atoms with Gasteiger partial charge in [-0.05, 0) is 42.9 Å². The Balaban J connectivity index is 1.78. The van der Waals surface area contributed by atoms with Crippen molar-refractivity contribution in [3.05, 3.63) is 34.9 Å². The normalized spacial score (nSPS) is 24.1. The molecule has 1 aromatic carbocycles. The van der Waals surface area contributed by atoms with E-state index in [-0.39, 0.29) is 0 Å². The second kappa shape index (κ2) is 6.39. The van der Waals surface area contributed by atoms with Crippen LogP contribution in [-0.4, -0.2) is 13.2 Å². The number of hydrogen-bond donors (Lipinski definition) is 1. The maximum absolute atomic E-state index is 6.08. The second-order valence-electron chi connectivity index (χ2n) is 4.79. The van der Waals surface area contributed by atoms with Crippen LogP contribution in [0.1, 0.15) is 24.8 Å². The Hall–Kier alpha value is -0.570. The van der Waals surface area contributed by atoms with Crippen LogP contribution in [-0.2, 0) is 11.3 Å². The summed E-state index contributed by atoms with van der Waals surface area (Å²) < 4.78 is 5.78. The summed E-state index contributed by atoms with van der Waals surface area (Å²) in [6, 6.07) is 7.84. The SMILES string of the molecule is NCC1CCCC1COCc1ccccc1Cl. The van der Waals surface area contributed by atoms with Crippen molar-refractivity contribution in [3.63, 3.8) is 0 Å². The Labute approximate surface area is 108 Å². The third-order valence-electron chi connectivity index (χ3n) is 3.67. The van der Waals surface area contributed by atoms with E-state index in [4.69, 9.17) is 22.1 Å². The lowest BCUT2D eigenvalue weighted by molar-refractivity contribution is 0.0754. The highest BCUT2D eigenvalue weighted by atomic mass is 35.5. The van der Waals surface area contributed by atoms with Crippen LogP contribution in [0, 0.1) is 11.8 Å². The molecule has 0 radical (unpaired) electrons. The molecule has 1 aliphatic rings. The van der Waals surface area contributed by atoms with E-state index in [1.54, 1.807) is 0 Å². The van der Waals surface area contributed by atoms with Crippen LogP contribution in [0.2, 0.25) is 5.02 Å². The van der Waals surface area contributed by atoms with Crippen molar-refractivity contribution >= 4 is 11.6 Å². The first-order valence-electron chi connectivity index (χ1n) is 6.32. The van der Waals surface area contributed by atoms with Crippen LogP contribution < -0.4 is 5.73 Å². The Morgan fingerprint density at radius 3 is 2.76 bits per heavy atom. The Morgan fingerprint density at radius 1 is 1.24 bits per heavy atom. The Bertz CT molecular complexity index is 356. The molecule has 1 fully saturated rings. The average Bonchev–Trinajstić information content (AvgIpc) is 2.79. The molecular weight excluding hydrogens is 234 g/mol. The molecule has 0 saturated heterocycles. The standard InChI is InChI=1S/C14H20ClNO/c15-14-7-2-1-4-13(14)10-17-9-12-6-3-5-11(12)8-16/h1-2,4,7,11-12H,3,5-6,8-10,16H2. The summed E-state index contributed by atoms with van der Waals surface area (Å²) in [5, 5.41) is 0.786. The fourth-order valence-electron chi connectivity index (χ4n) is 2.58. The summed E-state index contributed by atoms with van der Waals surface area (Å²) in [4.78, 5) is 0. The fraction of sp³-hybridized carbons (Fsp3) is 0.571. The molecule has 94 valence electrons. The Kier molecular flexibility index (Phi) is 4.84. The molecule has 0 aliphatic heterocycles. The van der Waals surface area contributed by atoms with Gasteiger partial charge >= 0.3 is 0 Å². The average molecular weight is 254 g/mol. The lowest BCUT2D eigenvalue weighted by atomic mass is 9.97. The van der Waals surface area contributed by atoms with Crippen molar-refractivity contribution in [3.8, 4) is 0 Å². The van der Waals surface area contributed by atoms with E-state index in [1.165, 1.54) is 19.3 Å². The molecular formula is C14H20ClNO. The summed E-state index contributed by atoms with van der Waals surface area (Å²) in [5.74, 6) is 1.30. The molecule has 3 heteroatoms. The van der Waals surface area contributed by atoms with Gasteiger partial charge in [0, 0.05) is 5.02 Å². The molecule has 0 spiro atoms. The predicted molar refractivity (Wildman–Crippen MR) is 71.0 cm³/mol. The fourth-order valence-corrected chi connectivity index (χ4v) is 2.77. The molecule has 1 aromatic rings. The van der Waals surface area contributed by atoms with Gasteiger partial charge in [0.15, 0.2) is 0 Å². The zero-order chi connectivity index (χ0) is 12.1. The Morgan fingerprint density at radius 2 is 2.00 bits per heavy atom. The molecule has 17 heavy (non-hydrogen) atoms. The molecule has 2 rings (SSSR count). The molecule has 2 unspecified atom stereocenters. The van der Waals surface area contributed by atoms with E-state index >= 15 is 0 Å². The molecule has 2 N–H and O–H groups in total. The van der Waals surface area contributed by atoms with Crippen LogP contribution >= 0.6 is 11.6 Å². The number of nitrogens with two attached hydrogens (primary N) is 1. The minimum absolute atomic E-state index is 0.605. The summed E-state index contributed by atoms with van der Waals surface area (Å²) in [5.41, 5.74) is 6.82. The van der Waals surface area contributed by atoms with E-state index in [1.807, 2.05) is 24.3 Å². The smallest absolute Gasteiger partial charge is 0.0731 e. The lowest BCUT2D eigenvalue weighted by Crippen LogP contribution is -2.22. The van der Waals surface area contributed by atoms with Crippen LogP contribution in [0.3, 0.4) is 0 Å². The number of hydrogen-bond acceptors (Lipinski definition) is 2. The second-order valence-corrected chi connectivity index (χ2v) is 5.20. The van der Waals surface area contributed by atoms with E-state index in [2.05, 4.69) is 0 Å². The first-order valence-corrected chi connectivity index (χ1v) is 6.70. The van der Waals surface area contributed by atoms with Gasteiger partial charge in [0.25, 0.3) is 0 Å². The summed E-state index contributed by atoms with van der Waals surface area (Å²) in [6.07, 6.45) is 3.81. The maximum Gasteiger partial charge on any atom is 0.0731 e. The quantitative estimate of drug-likeness (QED) is 0.875. The van der Waals surface area contributed by atoms with E-state index in [0.717, 1.165) is 23.7 Å². The topological polar surface area (TPSA) is 35.2 Å². The van der Waals surface area contributed by atoms with Crippen molar-refractivity contribution in [2.45, 2.75) is 25.9 Å². The summed E-state index contributed by atoms with van der Waals surface area (Å²) in [7, 11) is 0. The third-order valence-corrected chi connectivity index (χ3v) is 4.04. The molecule has 2 nitrogen and oxygen atoms in total. The minimum atomic E-state index is 0.605. The van der Waals surface area contributed by atoms with Crippen molar-refractivity contribution in [1.82, 2.24) is 0 Å². The van der Waals surface area contributed by atoms with Gasteiger partial charge in [-0.15, -0.1) is 0 Å². The van der Waals surface area contributed by atoms with Crippen LogP contribution in [0.4, 0.5) is 0 Å². The number of rotatable bonds is 5. The van der Waals surface area contributed by atoms with Gasteiger partial charge in [-0.3, -0.25) is 0 Å². The van der Waals surface area contributed by atoms with Crippen molar-refractivity contribution < 1.29 is 4.74 Å². The first-order chi connectivity index (χ1) is 8.31. The molecule has 0 aromatic heterocycles. The molecule has 1 saturated carbocycles. The first kappa shape index (κ1) is 12.9. The van der Waals surface area contributed by atoms with E-state index in [0.29, 0.717) is 18.4 Å². The molecule has 2 atom stereocenters. The molecule has 0 bridgehead atoms. The highest BCUT2D eigenvalue weighted by Gasteiger charge is 2.25. The van der Waals surface area contributed by atoms with Gasteiger partial charge in [0.05, 0.1) is 13.2 Å². The molecule has 0 amide bonds. The summed E-state index contributed by atoms with van der Waals surface area (Å²) >= 11 is 6.08. The summed E-state index contributed by atoms with van der Waals surface area (Å²) in [6.45, 7) is 2.21. The van der Waals surface area contributed by atoms with E-state index < -0.39 is 0 Å². The maximum atomic E-state index is 6.08. The molecule has 1 aliphatic carbocycles. The highest BCUT2D eigenvalue weighted by molar-refractivity contribution is 6.31. The van der Waals surface area contributed by atoms with Crippen molar-refractivity contribution in [2.75, 3.05) is 13.2 Å². The number of halogens is 1. The monoisotopic (exact) mass is 253 g/mol. The zero-order valence-corrected chi connectivity index (χ0v) is 10.8. The van der Waals surface area contributed by atoms with Gasteiger partial charge in [0.2, 0.25) is 0 Å². The van der Waals surface area contributed by atoms with Gasteiger partial charge in [0.1, 0.15) is 0 Å². The molecule has 0 heterocycles. The van der Waals surface area contributed by atoms with Crippen molar-refractivity contribution in [2.24, 2.45) is 17.6 Å². The van der Waals surface area contributed by atoms with Gasteiger partial charge in [-0.2, -0.15) is 0 Å².